The largest absolute Gasteiger partial charge is 0.497 e. The van der Waals surface area contributed by atoms with Gasteiger partial charge in [-0.2, -0.15) is 0 Å². The summed E-state index contributed by atoms with van der Waals surface area (Å²) in [5.41, 5.74) is 2.00. The summed E-state index contributed by atoms with van der Waals surface area (Å²) in [7, 11) is 3.16. The van der Waals surface area contributed by atoms with Gasteiger partial charge >= 0.3 is 6.03 Å². The number of nitrogens with zero attached hydrogens (tertiary/aromatic N) is 1. The Labute approximate surface area is 168 Å². The summed E-state index contributed by atoms with van der Waals surface area (Å²) in [6.45, 7) is 1.10. The minimum absolute atomic E-state index is 0.292. The molecule has 29 heavy (non-hydrogen) atoms. The van der Waals surface area contributed by atoms with Gasteiger partial charge in [0.05, 0.1) is 18.2 Å². The maximum atomic E-state index is 12.5. The van der Waals surface area contributed by atoms with Crippen molar-refractivity contribution in [2.75, 3.05) is 32.7 Å². The lowest BCUT2D eigenvalue weighted by atomic mass is 10.1. The highest BCUT2D eigenvalue weighted by Crippen LogP contribution is 2.26. The molecule has 0 aliphatic carbocycles. The molecule has 0 fully saturated rings. The van der Waals surface area contributed by atoms with E-state index in [1.165, 1.54) is 11.0 Å². The monoisotopic (exact) mass is 397 g/mol. The van der Waals surface area contributed by atoms with Gasteiger partial charge in [-0.05, 0) is 42.3 Å². The molecule has 4 amide bonds. The second-order valence-corrected chi connectivity index (χ2v) is 6.52. The fourth-order valence-electron chi connectivity index (χ4n) is 3.04. The van der Waals surface area contributed by atoms with Crippen LogP contribution in [0.15, 0.2) is 42.5 Å². The number of imide groups is 1. The molecule has 0 atom stereocenters. The van der Waals surface area contributed by atoms with Crippen molar-refractivity contribution in [2.24, 2.45) is 0 Å². The molecule has 2 N–H and O–H groups in total. The number of methoxy groups -OCH3 is 2. The van der Waals surface area contributed by atoms with E-state index in [0.29, 0.717) is 42.9 Å². The highest BCUT2D eigenvalue weighted by molar-refractivity contribution is 6.21. The molecule has 0 saturated carbocycles. The van der Waals surface area contributed by atoms with Crippen LogP contribution in [0, 0.1) is 0 Å². The molecule has 8 heteroatoms. The predicted octanol–water partition coefficient (Wildman–Crippen LogP) is 2.65. The summed E-state index contributed by atoms with van der Waals surface area (Å²) in [5.74, 6) is 0.0619. The average Bonchev–Trinajstić information content (AvgIpc) is 2.97. The zero-order valence-corrected chi connectivity index (χ0v) is 16.4. The number of hydrogen-bond acceptors (Lipinski definition) is 5. The number of anilines is 1. The van der Waals surface area contributed by atoms with Crippen LogP contribution < -0.4 is 15.4 Å². The summed E-state index contributed by atoms with van der Waals surface area (Å²) < 4.78 is 10.1. The topological polar surface area (TPSA) is 97.0 Å². The van der Waals surface area contributed by atoms with E-state index in [-0.39, 0.29) is 11.8 Å². The second-order valence-electron chi connectivity index (χ2n) is 6.52. The van der Waals surface area contributed by atoms with Gasteiger partial charge in [0.25, 0.3) is 11.8 Å². The number of carbonyl (C=O) groups is 3. The number of urea groups is 1. The van der Waals surface area contributed by atoms with Crippen LogP contribution in [-0.2, 0) is 11.3 Å². The number of benzene rings is 2. The standard InChI is InChI=1S/C21H23N3O5/c1-28-11-3-10-24-19(25)17-9-6-15(12-18(17)20(24)26)23-21(27)22-13-14-4-7-16(29-2)8-5-14/h4-9,12H,3,10-11,13H2,1-2H3,(H2,22,23,27). The first-order valence-corrected chi connectivity index (χ1v) is 9.20. The minimum Gasteiger partial charge on any atom is -0.497 e. The molecule has 0 unspecified atom stereocenters. The molecule has 1 aliphatic rings. The van der Waals surface area contributed by atoms with Crippen molar-refractivity contribution in [1.82, 2.24) is 10.2 Å². The first-order chi connectivity index (χ1) is 14.0. The molecule has 2 aromatic rings. The van der Waals surface area contributed by atoms with Crippen molar-refractivity contribution in [3.05, 3.63) is 59.2 Å². The lowest BCUT2D eigenvalue weighted by molar-refractivity contribution is 0.0638. The molecule has 1 aliphatic heterocycles. The van der Waals surface area contributed by atoms with E-state index >= 15 is 0 Å². The summed E-state index contributed by atoms with van der Waals surface area (Å²) in [6, 6.07) is 11.6. The van der Waals surface area contributed by atoms with Gasteiger partial charge in [-0.15, -0.1) is 0 Å². The maximum absolute atomic E-state index is 12.5. The van der Waals surface area contributed by atoms with Gasteiger partial charge in [0.1, 0.15) is 5.75 Å². The number of ether oxygens (including phenoxy) is 2. The van der Waals surface area contributed by atoms with Gasteiger partial charge in [0.2, 0.25) is 0 Å². The van der Waals surface area contributed by atoms with E-state index in [1.54, 1.807) is 26.4 Å². The Kier molecular flexibility index (Phi) is 6.46. The normalized spacial score (nSPS) is 12.7. The Hall–Kier alpha value is -3.39. The second kappa shape index (κ2) is 9.20. The Morgan fingerprint density at radius 3 is 2.41 bits per heavy atom. The smallest absolute Gasteiger partial charge is 0.319 e. The molecule has 8 nitrogen and oxygen atoms in total. The van der Waals surface area contributed by atoms with Crippen LogP contribution in [0.25, 0.3) is 0 Å². The van der Waals surface area contributed by atoms with E-state index < -0.39 is 6.03 Å². The molecule has 0 saturated heterocycles. The van der Waals surface area contributed by atoms with Crippen molar-refractivity contribution in [3.63, 3.8) is 0 Å². The number of hydrogen-bond donors (Lipinski definition) is 2. The summed E-state index contributed by atoms with van der Waals surface area (Å²) in [5, 5.41) is 5.44. The molecule has 152 valence electrons. The van der Waals surface area contributed by atoms with Crippen LogP contribution in [0.3, 0.4) is 0 Å². The molecule has 1 heterocycles. The first-order valence-electron chi connectivity index (χ1n) is 9.20. The van der Waals surface area contributed by atoms with Gasteiger partial charge in [-0.1, -0.05) is 12.1 Å². The third-order valence-electron chi connectivity index (χ3n) is 4.57. The van der Waals surface area contributed by atoms with Crippen LogP contribution in [0.1, 0.15) is 32.7 Å². The third kappa shape index (κ3) is 4.72. The molecule has 0 aromatic heterocycles. The van der Waals surface area contributed by atoms with Gasteiger partial charge in [0, 0.05) is 32.5 Å². The third-order valence-corrected chi connectivity index (χ3v) is 4.57. The molecule has 0 bridgehead atoms. The summed E-state index contributed by atoms with van der Waals surface area (Å²) >= 11 is 0. The van der Waals surface area contributed by atoms with E-state index in [0.717, 1.165) is 11.3 Å². The number of carbonyl (C=O) groups excluding carboxylic acids is 3. The fraction of sp³-hybridized carbons (Fsp3) is 0.286. The van der Waals surface area contributed by atoms with Crippen molar-refractivity contribution >= 4 is 23.5 Å². The number of fused-ring (bicyclic) bond motifs is 1. The Morgan fingerprint density at radius 2 is 1.72 bits per heavy atom. The quantitative estimate of drug-likeness (QED) is 0.527. The zero-order valence-electron chi connectivity index (χ0n) is 16.4. The van der Waals surface area contributed by atoms with Crippen molar-refractivity contribution in [2.45, 2.75) is 13.0 Å². The number of rotatable bonds is 8. The van der Waals surface area contributed by atoms with Crippen LogP contribution in [0.5, 0.6) is 5.75 Å². The van der Waals surface area contributed by atoms with Crippen LogP contribution in [0.4, 0.5) is 10.5 Å². The molecule has 2 aromatic carbocycles. The van der Waals surface area contributed by atoms with E-state index in [2.05, 4.69) is 10.6 Å². The van der Waals surface area contributed by atoms with Crippen molar-refractivity contribution < 1.29 is 23.9 Å². The predicted molar refractivity (Wildman–Crippen MR) is 107 cm³/mol. The average molecular weight is 397 g/mol. The highest BCUT2D eigenvalue weighted by Gasteiger charge is 2.35. The van der Waals surface area contributed by atoms with E-state index in [1.807, 2.05) is 24.3 Å². The number of amides is 4. The first kappa shape index (κ1) is 20.3. The van der Waals surface area contributed by atoms with Crippen LogP contribution in [-0.4, -0.2) is 50.1 Å². The maximum Gasteiger partial charge on any atom is 0.319 e. The molecule has 0 radical (unpaired) electrons. The summed E-state index contributed by atoms with van der Waals surface area (Å²) in [6.07, 6.45) is 0.570. The van der Waals surface area contributed by atoms with E-state index in [4.69, 9.17) is 9.47 Å². The van der Waals surface area contributed by atoms with Crippen molar-refractivity contribution in [1.29, 1.82) is 0 Å². The molecular weight excluding hydrogens is 374 g/mol. The lowest BCUT2D eigenvalue weighted by Crippen LogP contribution is -2.31. The number of nitrogens with one attached hydrogen (secondary N) is 2. The molecular formula is C21H23N3O5. The highest BCUT2D eigenvalue weighted by atomic mass is 16.5. The van der Waals surface area contributed by atoms with Gasteiger partial charge in [-0.25, -0.2) is 4.79 Å². The lowest BCUT2D eigenvalue weighted by Gasteiger charge is -2.12. The Morgan fingerprint density at radius 1 is 1.00 bits per heavy atom. The fourth-order valence-corrected chi connectivity index (χ4v) is 3.04. The molecule has 3 rings (SSSR count). The molecule has 0 spiro atoms. The van der Waals surface area contributed by atoms with Gasteiger partial charge < -0.3 is 20.1 Å². The Bertz CT molecular complexity index is 911. The van der Waals surface area contributed by atoms with Gasteiger partial charge in [-0.3, -0.25) is 14.5 Å². The zero-order chi connectivity index (χ0) is 20.8. The van der Waals surface area contributed by atoms with Crippen LogP contribution >= 0.6 is 0 Å². The van der Waals surface area contributed by atoms with Crippen molar-refractivity contribution in [3.8, 4) is 5.75 Å². The summed E-state index contributed by atoms with van der Waals surface area (Å²) in [4.78, 5) is 38.3. The minimum atomic E-state index is -0.408. The Balaban J connectivity index is 1.59. The van der Waals surface area contributed by atoms with E-state index in [9.17, 15) is 14.4 Å². The van der Waals surface area contributed by atoms with Crippen LogP contribution in [0.2, 0.25) is 0 Å². The SMILES string of the molecule is COCCCN1C(=O)c2ccc(NC(=O)NCc3ccc(OC)cc3)cc2C1=O. The van der Waals surface area contributed by atoms with Gasteiger partial charge in [0.15, 0.2) is 0 Å².